The summed E-state index contributed by atoms with van der Waals surface area (Å²) in [6.07, 6.45) is 2.08. The average Bonchev–Trinajstić information content (AvgIpc) is 1.58. The number of halogens is 4. The number of aromatic nitrogens is 1. The first kappa shape index (κ1) is 73.3. The van der Waals surface area contributed by atoms with Crippen LogP contribution in [0.5, 0.6) is 11.5 Å². The molecule has 2 saturated heterocycles. The molecule has 19 nitrogen and oxygen atoms in total. The lowest BCUT2D eigenvalue weighted by atomic mass is 9.62. The van der Waals surface area contributed by atoms with Crippen LogP contribution in [0.4, 0.5) is 20.2 Å². The summed E-state index contributed by atoms with van der Waals surface area (Å²) >= 11 is 12.5. The monoisotopic (exact) mass is 1350 g/mol. The van der Waals surface area contributed by atoms with Crippen LogP contribution in [0.1, 0.15) is 107 Å². The van der Waals surface area contributed by atoms with Gasteiger partial charge in [-0.15, -0.1) is 0 Å². The van der Waals surface area contributed by atoms with Gasteiger partial charge in [-0.2, -0.15) is 5.26 Å². The van der Waals surface area contributed by atoms with E-state index >= 15 is 8.78 Å². The zero-order valence-electron chi connectivity index (χ0n) is 55.3. The highest BCUT2D eigenvalue weighted by atomic mass is 35.5. The number of ether oxygens (including phenoxy) is 8. The van der Waals surface area contributed by atoms with E-state index in [2.05, 4.69) is 50.2 Å². The first-order chi connectivity index (χ1) is 45.7. The minimum atomic E-state index is -1.82. The largest absolute Gasteiger partial charge is 0.495 e. The van der Waals surface area contributed by atoms with E-state index in [0.717, 1.165) is 59.1 Å². The lowest BCUT2D eigenvalue weighted by Gasteiger charge is -2.37. The SMILES string of the molecule is CCN(c1cc(-c2ccc(OCCOCCOCCOCCOCCOCCNC(=O)c3ccc(NC(=O)C4NC(CC(C)(C)C)C(C#N)(c5ccc(Cl)cc5F)C4c4cccc(Cl)c4F)c(OC)c3)cc2)cc(C(=O)NCc2c(C)cc(C)[nH]c2=O)c1C)C1CCOCC1. The van der Waals surface area contributed by atoms with Gasteiger partial charge in [0.15, 0.2) is 0 Å². The standard InChI is InChI=1S/C72H87Cl2F2N7O12/c1-9-83(52-21-24-89-25-22-52)61-39-50(38-55(47(61)4)68(85)79-43-56-45(2)37-46(3)80-69(56)86)48-13-17-53(18-14-48)95-36-35-94-34-33-93-32-31-92-30-29-91-28-27-90-26-23-78-67(84)49-15-20-60(62(40-49)88-8)81-70(87)66-64(54-11-10-12-58(74)65(54)76)72(44-77,63(82-66)42-71(5,6)7)57-19-16-51(73)41-59(57)75/h10-20,37-41,52,63-64,66,82H,9,21-36,42-43H2,1-8H3,(H,78,84)(H,79,85)(H,80,86)(H,81,87). The number of aromatic amines is 1. The Labute approximate surface area is 564 Å². The molecule has 5 N–H and O–H groups in total. The Morgan fingerprint density at radius 3 is 2.04 bits per heavy atom. The summed E-state index contributed by atoms with van der Waals surface area (Å²) in [4.78, 5) is 59.7. The van der Waals surface area contributed by atoms with Crippen molar-refractivity contribution in [1.29, 1.82) is 5.26 Å². The maximum absolute atomic E-state index is 16.2. The number of anilines is 2. The Morgan fingerprint density at radius 2 is 1.43 bits per heavy atom. The first-order valence-corrected chi connectivity index (χ1v) is 32.9. The number of hydrogen-bond acceptors (Lipinski definition) is 15. The topological polar surface area (TPSA) is 233 Å². The zero-order chi connectivity index (χ0) is 68.2. The van der Waals surface area contributed by atoms with E-state index in [1.807, 2.05) is 77.9 Å². The number of carbonyl (C=O) groups is 3. The van der Waals surface area contributed by atoms with Gasteiger partial charge < -0.3 is 69.0 Å². The van der Waals surface area contributed by atoms with Crippen LogP contribution >= 0.6 is 23.2 Å². The normalized spacial score (nSPS) is 17.3. The molecule has 6 aromatic rings. The molecule has 0 spiro atoms. The van der Waals surface area contributed by atoms with Crippen LogP contribution in [0.15, 0.2) is 102 Å². The second-order valence-electron chi connectivity index (χ2n) is 24.7. The van der Waals surface area contributed by atoms with Gasteiger partial charge >= 0.3 is 0 Å². The molecule has 2 aliphatic rings. The summed E-state index contributed by atoms with van der Waals surface area (Å²) in [5.41, 5.74) is 4.22. The Morgan fingerprint density at radius 1 is 0.779 bits per heavy atom. The van der Waals surface area contributed by atoms with Crippen LogP contribution in [-0.2, 0) is 45.2 Å². The van der Waals surface area contributed by atoms with Crippen molar-refractivity contribution in [2.75, 3.05) is 116 Å². The number of nitrogens with zero attached hydrogens (tertiary/aromatic N) is 2. The highest BCUT2D eigenvalue weighted by Gasteiger charge is 2.61. The molecule has 95 heavy (non-hydrogen) atoms. The molecule has 0 saturated carbocycles. The van der Waals surface area contributed by atoms with E-state index in [-0.39, 0.29) is 88.4 Å². The zero-order valence-corrected chi connectivity index (χ0v) is 56.8. The van der Waals surface area contributed by atoms with Gasteiger partial charge in [0.25, 0.3) is 17.4 Å². The summed E-state index contributed by atoms with van der Waals surface area (Å²) < 4.78 is 77.8. The number of nitriles is 1. The Kier molecular flexibility index (Phi) is 27.0. The van der Waals surface area contributed by atoms with Crippen molar-refractivity contribution in [3.05, 3.63) is 174 Å². The average molecular weight is 1350 g/mol. The smallest absolute Gasteiger partial charge is 0.253 e. The number of rotatable bonds is 33. The number of aryl methyl sites for hydroxylation is 2. The van der Waals surface area contributed by atoms with Crippen molar-refractivity contribution >= 4 is 52.3 Å². The molecule has 3 amide bonds. The van der Waals surface area contributed by atoms with Crippen molar-refractivity contribution in [2.45, 2.75) is 104 Å². The number of benzene rings is 5. The van der Waals surface area contributed by atoms with E-state index in [4.69, 9.17) is 61.1 Å². The van der Waals surface area contributed by atoms with Crippen molar-refractivity contribution in [3.8, 4) is 28.7 Å². The lowest BCUT2D eigenvalue weighted by molar-refractivity contribution is -0.118. The van der Waals surface area contributed by atoms with Gasteiger partial charge in [-0.25, -0.2) is 8.78 Å². The number of carbonyl (C=O) groups excluding carboxylic acids is 3. The van der Waals surface area contributed by atoms with Crippen LogP contribution in [0.25, 0.3) is 11.1 Å². The predicted molar refractivity (Wildman–Crippen MR) is 362 cm³/mol. The molecule has 2 aliphatic heterocycles. The fourth-order valence-electron chi connectivity index (χ4n) is 12.4. The van der Waals surface area contributed by atoms with E-state index in [9.17, 15) is 24.4 Å². The van der Waals surface area contributed by atoms with Gasteiger partial charge in [0.1, 0.15) is 35.2 Å². The summed E-state index contributed by atoms with van der Waals surface area (Å²) in [7, 11) is 1.38. The molecule has 4 unspecified atom stereocenters. The van der Waals surface area contributed by atoms with Gasteiger partial charge in [-0.1, -0.05) is 74.3 Å². The highest BCUT2D eigenvalue weighted by molar-refractivity contribution is 6.31. The molecule has 3 heterocycles. The van der Waals surface area contributed by atoms with Gasteiger partial charge in [-0.05, 0) is 147 Å². The quantitative estimate of drug-likeness (QED) is 0.0241. The van der Waals surface area contributed by atoms with Crippen molar-refractivity contribution in [2.24, 2.45) is 5.41 Å². The van der Waals surface area contributed by atoms with E-state index in [1.165, 1.54) is 55.6 Å². The van der Waals surface area contributed by atoms with Gasteiger partial charge in [-0.3, -0.25) is 19.2 Å². The minimum Gasteiger partial charge on any atom is -0.495 e. The van der Waals surface area contributed by atoms with Crippen molar-refractivity contribution in [1.82, 2.24) is 20.9 Å². The molecule has 0 bridgehead atoms. The Balaban J connectivity index is 0.698. The summed E-state index contributed by atoms with van der Waals surface area (Å²) in [6, 6.07) is 27.0. The van der Waals surface area contributed by atoms with Crippen LogP contribution < -0.4 is 41.2 Å². The lowest BCUT2D eigenvalue weighted by Crippen LogP contribution is -2.45. The Hall–Kier alpha value is -7.49. The summed E-state index contributed by atoms with van der Waals surface area (Å²) in [5.74, 6) is -3.42. The molecule has 4 atom stereocenters. The van der Waals surface area contributed by atoms with Gasteiger partial charge in [0.05, 0.1) is 96.0 Å². The van der Waals surface area contributed by atoms with Gasteiger partial charge in [0, 0.05) is 89.5 Å². The maximum Gasteiger partial charge on any atom is 0.253 e. The van der Waals surface area contributed by atoms with E-state index in [1.54, 1.807) is 0 Å². The second-order valence-corrected chi connectivity index (χ2v) is 25.5. The minimum absolute atomic E-state index is 0.0488. The first-order valence-electron chi connectivity index (χ1n) is 32.1. The molecule has 23 heteroatoms. The van der Waals surface area contributed by atoms with Crippen molar-refractivity contribution < 1.29 is 61.1 Å². The van der Waals surface area contributed by atoms with Crippen LogP contribution in [0.2, 0.25) is 10.0 Å². The molecule has 5 aromatic carbocycles. The number of H-pyrrole nitrogens is 1. The molecule has 1 aromatic heterocycles. The molecule has 8 rings (SSSR count). The number of hydrogen-bond donors (Lipinski definition) is 5. The fraction of sp³-hybridized carbons (Fsp3) is 0.458. The third-order valence-corrected chi connectivity index (χ3v) is 17.5. The molecule has 0 radical (unpaired) electrons. The summed E-state index contributed by atoms with van der Waals surface area (Å²) in [6.45, 7) is 19.9. The third-order valence-electron chi connectivity index (χ3n) is 17.0. The summed E-state index contributed by atoms with van der Waals surface area (Å²) in [5, 5.41) is 23.0. The van der Waals surface area contributed by atoms with Crippen molar-refractivity contribution in [3.63, 3.8) is 0 Å². The highest BCUT2D eigenvalue weighted by Crippen LogP contribution is 2.53. The maximum atomic E-state index is 16.2. The number of nitrogens with one attached hydrogen (secondary N) is 5. The number of pyridine rings is 1. The second kappa shape index (κ2) is 35.0. The molecule has 510 valence electrons. The van der Waals surface area contributed by atoms with E-state index in [0.29, 0.717) is 89.6 Å². The molecule has 2 fully saturated rings. The molecule has 0 aliphatic carbocycles. The molecular formula is C72H87Cl2F2N7O12. The molecular weight excluding hydrogens is 1260 g/mol. The van der Waals surface area contributed by atoms with Gasteiger partial charge in [0.2, 0.25) is 5.91 Å². The Bertz CT molecular complexity index is 3690. The number of amides is 3. The number of methoxy groups -OCH3 is 1. The predicted octanol–water partition coefficient (Wildman–Crippen LogP) is 11.3. The fourth-order valence-corrected chi connectivity index (χ4v) is 12.7. The van der Waals surface area contributed by atoms with Crippen LogP contribution in [-0.4, -0.2) is 147 Å². The third kappa shape index (κ3) is 19.2. The van der Waals surface area contributed by atoms with Crippen LogP contribution in [0.3, 0.4) is 0 Å². The van der Waals surface area contributed by atoms with Crippen LogP contribution in [0, 0.1) is 49.2 Å². The van der Waals surface area contributed by atoms with E-state index < -0.39 is 52.3 Å².